The van der Waals surface area contributed by atoms with Crippen LogP contribution >= 0.6 is 0 Å². The monoisotopic (exact) mass is 511 g/mol. The lowest BCUT2D eigenvalue weighted by Crippen LogP contribution is -2.57. The third kappa shape index (κ3) is 5.05. The Hall–Kier alpha value is -3.82. The zero-order valence-corrected chi connectivity index (χ0v) is 20.1. The first-order valence-electron chi connectivity index (χ1n) is 12.4. The summed E-state index contributed by atoms with van der Waals surface area (Å²) >= 11 is 0. The number of hydrogen-bond donors (Lipinski definition) is 3. The molecule has 37 heavy (non-hydrogen) atoms. The average molecular weight is 512 g/mol. The topological polar surface area (TPSA) is 88.1 Å². The molecule has 1 saturated carbocycles. The molecule has 2 aliphatic rings. The number of carbonyl (C=O) groups excluding carboxylic acids is 2. The van der Waals surface area contributed by atoms with Crippen LogP contribution in [0.4, 0.5) is 24.7 Å². The quantitative estimate of drug-likeness (QED) is 0.415. The average Bonchev–Trinajstić information content (AvgIpc) is 3.33. The minimum absolute atomic E-state index is 0.00523. The lowest BCUT2D eigenvalue weighted by atomic mass is 9.80. The fourth-order valence-corrected chi connectivity index (χ4v) is 5.25. The van der Waals surface area contributed by atoms with Gasteiger partial charge in [0.15, 0.2) is 6.04 Å². The Bertz CT molecular complexity index is 1250. The molecule has 2 atom stereocenters. The highest BCUT2D eigenvalue weighted by atomic mass is 19.4. The van der Waals surface area contributed by atoms with E-state index in [2.05, 4.69) is 21.0 Å². The molecule has 7 nitrogen and oxygen atoms in total. The van der Waals surface area contributed by atoms with E-state index in [0.29, 0.717) is 24.1 Å². The number of benzene rings is 2. The minimum Gasteiger partial charge on any atom is -0.363 e. The van der Waals surface area contributed by atoms with E-state index in [9.17, 15) is 22.8 Å². The van der Waals surface area contributed by atoms with E-state index < -0.39 is 29.7 Å². The van der Waals surface area contributed by atoms with Gasteiger partial charge in [-0.15, -0.1) is 0 Å². The van der Waals surface area contributed by atoms with Crippen LogP contribution in [0.5, 0.6) is 0 Å². The second-order valence-corrected chi connectivity index (χ2v) is 9.67. The zero-order valence-electron chi connectivity index (χ0n) is 20.1. The molecule has 2 aromatic carbocycles. The van der Waals surface area contributed by atoms with Gasteiger partial charge in [0.2, 0.25) is 5.91 Å². The van der Waals surface area contributed by atoms with Crippen molar-refractivity contribution in [2.45, 2.75) is 62.3 Å². The Balaban J connectivity index is 1.45. The summed E-state index contributed by atoms with van der Waals surface area (Å²) in [5, 5.41) is 12.8. The van der Waals surface area contributed by atoms with Gasteiger partial charge in [0.25, 0.3) is 5.91 Å². The van der Waals surface area contributed by atoms with Crippen LogP contribution in [0.15, 0.2) is 66.9 Å². The summed E-state index contributed by atoms with van der Waals surface area (Å²) in [6, 6.07) is 15.2. The molecule has 1 fully saturated rings. The largest absolute Gasteiger partial charge is 0.410 e. The van der Waals surface area contributed by atoms with Crippen molar-refractivity contribution in [3.63, 3.8) is 0 Å². The summed E-state index contributed by atoms with van der Waals surface area (Å²) in [5.74, 6) is -0.973. The maximum absolute atomic E-state index is 14.0. The van der Waals surface area contributed by atoms with Gasteiger partial charge in [-0.3, -0.25) is 9.59 Å². The van der Waals surface area contributed by atoms with Crippen molar-refractivity contribution >= 4 is 23.3 Å². The molecule has 1 aliphatic carbocycles. The normalized spacial score (nSPS) is 20.8. The van der Waals surface area contributed by atoms with Crippen LogP contribution in [0.2, 0.25) is 0 Å². The van der Waals surface area contributed by atoms with Crippen LogP contribution in [0.25, 0.3) is 0 Å². The van der Waals surface area contributed by atoms with E-state index in [1.165, 1.54) is 0 Å². The molecule has 3 aromatic rings. The molecule has 0 spiro atoms. The number of hydrogen-bond acceptors (Lipinski definition) is 4. The van der Waals surface area contributed by atoms with Crippen LogP contribution in [0, 0.1) is 0 Å². The van der Waals surface area contributed by atoms with Gasteiger partial charge in [-0.05, 0) is 30.5 Å². The Morgan fingerprint density at radius 3 is 2.27 bits per heavy atom. The Labute approximate surface area is 212 Å². The first-order chi connectivity index (χ1) is 17.8. The van der Waals surface area contributed by atoms with Crippen LogP contribution < -0.4 is 16.0 Å². The molecule has 0 unspecified atom stereocenters. The molecule has 2 heterocycles. The summed E-state index contributed by atoms with van der Waals surface area (Å²) in [6.45, 7) is 0. The number of fused-ring (bicyclic) bond motifs is 1. The molecule has 3 N–H and O–H groups in total. The van der Waals surface area contributed by atoms with E-state index in [4.69, 9.17) is 0 Å². The molecule has 5 rings (SSSR count). The second-order valence-electron chi connectivity index (χ2n) is 9.67. The van der Waals surface area contributed by atoms with E-state index in [-0.39, 0.29) is 23.7 Å². The number of amides is 2. The van der Waals surface area contributed by atoms with Crippen molar-refractivity contribution < 1.29 is 22.8 Å². The maximum Gasteiger partial charge on any atom is 0.410 e. The molecule has 0 radical (unpaired) electrons. The minimum atomic E-state index is -4.55. The van der Waals surface area contributed by atoms with Crippen LogP contribution in [-0.4, -0.2) is 33.3 Å². The van der Waals surface area contributed by atoms with Gasteiger partial charge >= 0.3 is 6.18 Å². The fraction of sp³-hybridized carbons (Fsp3) is 0.370. The summed E-state index contributed by atoms with van der Waals surface area (Å²) < 4.78 is 42.9. The number of carbonyl (C=O) groups is 2. The number of aromatic nitrogens is 2. The second kappa shape index (κ2) is 9.91. The smallest absolute Gasteiger partial charge is 0.363 e. The SMILES string of the molecule is O=C(NC1(C(=O)Nc2ccccc2)CCCCC1)c1cnn2c1N[C@H](c1ccccc1)C[C@@H]2C(F)(F)F. The van der Waals surface area contributed by atoms with E-state index in [1.54, 1.807) is 54.6 Å². The predicted molar refractivity (Wildman–Crippen MR) is 133 cm³/mol. The molecule has 1 aromatic heterocycles. The first kappa shape index (κ1) is 24.9. The van der Waals surface area contributed by atoms with Gasteiger partial charge in [-0.25, -0.2) is 4.68 Å². The van der Waals surface area contributed by atoms with Crippen molar-refractivity contribution in [1.29, 1.82) is 0 Å². The van der Waals surface area contributed by atoms with E-state index in [1.807, 2.05) is 6.07 Å². The predicted octanol–water partition coefficient (Wildman–Crippen LogP) is 5.61. The van der Waals surface area contributed by atoms with E-state index >= 15 is 0 Å². The van der Waals surface area contributed by atoms with Gasteiger partial charge in [0, 0.05) is 12.1 Å². The van der Waals surface area contributed by atoms with E-state index in [0.717, 1.165) is 30.1 Å². The van der Waals surface area contributed by atoms with Crippen molar-refractivity contribution in [2.24, 2.45) is 0 Å². The van der Waals surface area contributed by atoms with Crippen LogP contribution in [0.1, 0.15) is 66.5 Å². The highest BCUT2D eigenvalue weighted by Crippen LogP contribution is 2.44. The highest BCUT2D eigenvalue weighted by molar-refractivity contribution is 6.05. The van der Waals surface area contributed by atoms with Gasteiger partial charge in [-0.2, -0.15) is 18.3 Å². The van der Waals surface area contributed by atoms with Crippen molar-refractivity contribution in [1.82, 2.24) is 15.1 Å². The summed E-state index contributed by atoms with van der Waals surface area (Å²) in [4.78, 5) is 26.9. The molecule has 1 aliphatic heterocycles. The summed E-state index contributed by atoms with van der Waals surface area (Å²) in [5.41, 5.74) is 0.0978. The summed E-state index contributed by atoms with van der Waals surface area (Å²) in [6.07, 6.45) is -0.352. The number of alkyl halides is 3. The number of rotatable bonds is 5. The van der Waals surface area contributed by atoms with Crippen molar-refractivity contribution in [2.75, 3.05) is 10.6 Å². The maximum atomic E-state index is 14.0. The number of nitrogens with one attached hydrogen (secondary N) is 3. The molecule has 10 heteroatoms. The van der Waals surface area contributed by atoms with Crippen LogP contribution in [-0.2, 0) is 4.79 Å². The standard InChI is InChI=1S/C27H28F3N5O2/c28-27(29,30)22-16-21(18-10-4-1-5-11-18)33-23-20(17-31-35(22)23)24(36)34-26(14-8-3-9-15-26)25(37)32-19-12-6-2-7-13-19/h1-2,4-7,10-13,17,21-22,33H,3,8-9,14-16H2,(H,32,37)(H,34,36)/t21-,22+/m0/s1. The van der Waals surface area contributed by atoms with Crippen molar-refractivity contribution in [3.05, 3.63) is 78.0 Å². The third-order valence-electron chi connectivity index (χ3n) is 7.21. The van der Waals surface area contributed by atoms with Gasteiger partial charge in [0.05, 0.1) is 12.2 Å². The van der Waals surface area contributed by atoms with Gasteiger partial charge in [-0.1, -0.05) is 67.8 Å². The molecule has 0 bridgehead atoms. The van der Waals surface area contributed by atoms with Gasteiger partial charge < -0.3 is 16.0 Å². The number of nitrogens with zero attached hydrogens (tertiary/aromatic N) is 2. The Kier molecular flexibility index (Phi) is 6.66. The number of para-hydroxylation sites is 1. The highest BCUT2D eigenvalue weighted by Gasteiger charge is 2.48. The van der Waals surface area contributed by atoms with Crippen molar-refractivity contribution in [3.8, 4) is 0 Å². The third-order valence-corrected chi connectivity index (χ3v) is 7.21. The lowest BCUT2D eigenvalue weighted by molar-refractivity contribution is -0.173. The fourth-order valence-electron chi connectivity index (χ4n) is 5.25. The summed E-state index contributed by atoms with van der Waals surface area (Å²) in [7, 11) is 0. The lowest BCUT2D eigenvalue weighted by Gasteiger charge is -2.37. The number of halogens is 3. The van der Waals surface area contributed by atoms with Crippen LogP contribution in [0.3, 0.4) is 0 Å². The first-order valence-corrected chi connectivity index (χ1v) is 12.4. The van der Waals surface area contributed by atoms with Gasteiger partial charge in [0.1, 0.15) is 16.9 Å². The molecular weight excluding hydrogens is 483 g/mol. The Morgan fingerprint density at radius 2 is 1.62 bits per heavy atom. The molecule has 2 amide bonds. The molecular formula is C27H28F3N5O2. The molecule has 194 valence electrons. The number of anilines is 2. The Morgan fingerprint density at radius 1 is 0.973 bits per heavy atom. The molecule has 0 saturated heterocycles. The zero-order chi connectivity index (χ0) is 26.0.